The van der Waals surface area contributed by atoms with Crippen molar-refractivity contribution in [2.24, 2.45) is 0 Å². The van der Waals surface area contributed by atoms with E-state index in [-0.39, 0.29) is 5.82 Å². The summed E-state index contributed by atoms with van der Waals surface area (Å²) in [5.41, 5.74) is 2.33. The average molecular weight is 324 g/mol. The molecule has 0 spiro atoms. The number of rotatable bonds is 6. The number of aliphatic hydroxyl groups excluding tert-OH is 1. The lowest BCUT2D eigenvalue weighted by atomic mass is 9.96. The van der Waals surface area contributed by atoms with Crippen molar-refractivity contribution in [3.05, 3.63) is 77.9 Å². The first-order valence-corrected chi connectivity index (χ1v) is 8.24. The minimum atomic E-state index is -0.821. The van der Waals surface area contributed by atoms with Crippen LogP contribution in [0.1, 0.15) is 37.0 Å². The van der Waals surface area contributed by atoms with Crippen molar-refractivity contribution in [1.29, 1.82) is 0 Å². The first-order valence-electron chi connectivity index (χ1n) is 8.24. The third-order valence-electron chi connectivity index (χ3n) is 4.15. The molecule has 3 nitrogen and oxygen atoms in total. The van der Waals surface area contributed by atoms with E-state index in [1.807, 2.05) is 30.5 Å². The maximum atomic E-state index is 13.1. The quantitative estimate of drug-likeness (QED) is 0.721. The second-order valence-corrected chi connectivity index (χ2v) is 5.84. The van der Waals surface area contributed by atoms with Gasteiger partial charge in [0.2, 0.25) is 0 Å². The Hall–Kier alpha value is -2.46. The van der Waals surface area contributed by atoms with E-state index >= 15 is 0 Å². The number of hydrogen-bond acceptors (Lipinski definition) is 2. The lowest BCUT2D eigenvalue weighted by Gasteiger charge is -2.17. The molecular formula is C20H21FN2O. The highest BCUT2D eigenvalue weighted by molar-refractivity contribution is 5.62. The van der Waals surface area contributed by atoms with Crippen LogP contribution in [0.4, 0.5) is 4.39 Å². The molecule has 0 saturated heterocycles. The van der Waals surface area contributed by atoms with Crippen molar-refractivity contribution >= 4 is 0 Å². The number of imidazole rings is 1. The summed E-state index contributed by atoms with van der Waals surface area (Å²) in [5.74, 6) is 0.537. The van der Waals surface area contributed by atoms with E-state index < -0.39 is 6.10 Å². The summed E-state index contributed by atoms with van der Waals surface area (Å²) in [7, 11) is 0. The molecule has 1 aromatic heterocycles. The summed E-state index contributed by atoms with van der Waals surface area (Å²) in [6.45, 7) is 3.05. The second kappa shape index (κ2) is 7.41. The van der Waals surface area contributed by atoms with Crippen LogP contribution in [0.25, 0.3) is 11.4 Å². The number of hydrogen-bond donors (Lipinski definition) is 1. The topological polar surface area (TPSA) is 38.0 Å². The van der Waals surface area contributed by atoms with Gasteiger partial charge in [-0.25, -0.2) is 9.37 Å². The number of benzene rings is 2. The second-order valence-electron chi connectivity index (χ2n) is 5.84. The zero-order valence-corrected chi connectivity index (χ0v) is 13.7. The molecule has 3 aromatic rings. The van der Waals surface area contributed by atoms with Gasteiger partial charge in [-0.15, -0.1) is 0 Å². The molecular weight excluding hydrogens is 303 g/mol. The molecule has 1 N–H and O–H groups in total. The number of halogens is 1. The summed E-state index contributed by atoms with van der Waals surface area (Å²) in [6.07, 6.45) is 5.11. The highest BCUT2D eigenvalue weighted by Gasteiger charge is 2.18. The van der Waals surface area contributed by atoms with Crippen LogP contribution < -0.4 is 0 Å². The average Bonchev–Trinajstić information content (AvgIpc) is 3.08. The monoisotopic (exact) mass is 324 g/mol. The zero-order chi connectivity index (χ0) is 16.9. The van der Waals surface area contributed by atoms with Gasteiger partial charge in [-0.1, -0.05) is 49.7 Å². The van der Waals surface area contributed by atoms with Crippen LogP contribution in [0, 0.1) is 5.82 Å². The molecule has 3 rings (SSSR count). The van der Waals surface area contributed by atoms with Crippen LogP contribution in [-0.2, 0) is 6.54 Å². The molecule has 0 fully saturated rings. The van der Waals surface area contributed by atoms with Crippen LogP contribution in [0.5, 0.6) is 0 Å². The maximum absolute atomic E-state index is 13.1. The molecule has 1 heterocycles. The standard InChI is InChI=1S/C20H21FN2O/c1-2-3-13-23-14-12-22-20(23)18-7-5-4-6-17(18)19(24)15-8-10-16(21)11-9-15/h4-12,14,19,24H,2-3,13H2,1H3. The van der Waals surface area contributed by atoms with Crippen molar-refractivity contribution in [2.75, 3.05) is 0 Å². The van der Waals surface area contributed by atoms with Crippen molar-refractivity contribution in [1.82, 2.24) is 9.55 Å². The summed E-state index contributed by atoms with van der Waals surface area (Å²) in [4.78, 5) is 4.48. The van der Waals surface area contributed by atoms with Crippen LogP contribution in [0.2, 0.25) is 0 Å². The van der Waals surface area contributed by atoms with E-state index in [1.54, 1.807) is 18.3 Å². The van der Waals surface area contributed by atoms with Gasteiger partial charge < -0.3 is 9.67 Å². The van der Waals surface area contributed by atoms with Crippen molar-refractivity contribution < 1.29 is 9.50 Å². The Labute approximate surface area is 141 Å². The van der Waals surface area contributed by atoms with Crippen molar-refractivity contribution in [3.8, 4) is 11.4 Å². The van der Waals surface area contributed by atoms with E-state index in [4.69, 9.17) is 0 Å². The minimum absolute atomic E-state index is 0.311. The third kappa shape index (κ3) is 3.39. The fourth-order valence-corrected chi connectivity index (χ4v) is 2.83. The van der Waals surface area contributed by atoms with E-state index in [1.165, 1.54) is 12.1 Å². The lowest BCUT2D eigenvalue weighted by Crippen LogP contribution is -2.05. The zero-order valence-electron chi connectivity index (χ0n) is 13.7. The van der Waals surface area contributed by atoms with Gasteiger partial charge in [-0.3, -0.25) is 0 Å². The number of aromatic nitrogens is 2. The molecule has 2 aromatic carbocycles. The Morgan fingerprint density at radius 2 is 1.88 bits per heavy atom. The molecule has 0 aliphatic rings. The molecule has 0 aliphatic carbocycles. The molecule has 1 unspecified atom stereocenters. The smallest absolute Gasteiger partial charge is 0.140 e. The summed E-state index contributed by atoms with van der Waals surface area (Å²) in [5, 5.41) is 10.8. The van der Waals surface area contributed by atoms with Gasteiger partial charge in [0.25, 0.3) is 0 Å². The van der Waals surface area contributed by atoms with Crippen LogP contribution >= 0.6 is 0 Å². The molecule has 0 saturated carbocycles. The molecule has 124 valence electrons. The SMILES string of the molecule is CCCCn1ccnc1-c1ccccc1C(O)c1ccc(F)cc1. The Bertz CT molecular complexity index is 795. The Morgan fingerprint density at radius 1 is 1.12 bits per heavy atom. The highest BCUT2D eigenvalue weighted by Crippen LogP contribution is 2.31. The van der Waals surface area contributed by atoms with Gasteiger partial charge >= 0.3 is 0 Å². The van der Waals surface area contributed by atoms with E-state index in [9.17, 15) is 9.50 Å². The largest absolute Gasteiger partial charge is 0.384 e. The summed E-state index contributed by atoms with van der Waals surface area (Å²) >= 11 is 0. The third-order valence-corrected chi connectivity index (χ3v) is 4.15. The van der Waals surface area contributed by atoms with Gasteiger partial charge in [-0.05, 0) is 29.7 Å². The fourth-order valence-electron chi connectivity index (χ4n) is 2.83. The van der Waals surface area contributed by atoms with Crippen LogP contribution in [0.15, 0.2) is 60.9 Å². The van der Waals surface area contributed by atoms with Crippen molar-refractivity contribution in [3.63, 3.8) is 0 Å². The first kappa shape index (κ1) is 16.4. The highest BCUT2D eigenvalue weighted by atomic mass is 19.1. The van der Waals surface area contributed by atoms with Gasteiger partial charge in [0.1, 0.15) is 17.7 Å². The van der Waals surface area contributed by atoms with E-state index in [2.05, 4.69) is 16.5 Å². The number of nitrogens with zero attached hydrogens (tertiary/aromatic N) is 2. The van der Waals surface area contributed by atoms with Gasteiger partial charge in [0.15, 0.2) is 0 Å². The Morgan fingerprint density at radius 3 is 2.62 bits per heavy atom. The van der Waals surface area contributed by atoms with E-state index in [0.717, 1.165) is 36.3 Å². The van der Waals surface area contributed by atoms with Crippen LogP contribution in [0.3, 0.4) is 0 Å². The predicted octanol–water partition coefficient (Wildman–Crippen LogP) is 4.57. The van der Waals surface area contributed by atoms with Crippen LogP contribution in [-0.4, -0.2) is 14.7 Å². The molecule has 1 atom stereocenters. The van der Waals surface area contributed by atoms with Gasteiger partial charge in [0.05, 0.1) is 0 Å². The molecule has 24 heavy (non-hydrogen) atoms. The number of aryl methyl sites for hydroxylation is 1. The fraction of sp³-hybridized carbons (Fsp3) is 0.250. The first-order chi connectivity index (χ1) is 11.7. The maximum Gasteiger partial charge on any atom is 0.140 e. The molecule has 0 aliphatic heterocycles. The molecule has 0 amide bonds. The normalized spacial score (nSPS) is 12.3. The summed E-state index contributed by atoms with van der Waals surface area (Å²) in [6, 6.07) is 13.6. The molecule has 0 radical (unpaired) electrons. The molecule has 4 heteroatoms. The predicted molar refractivity (Wildman–Crippen MR) is 93.0 cm³/mol. The molecule has 0 bridgehead atoms. The van der Waals surface area contributed by atoms with Gasteiger partial charge in [0, 0.05) is 24.5 Å². The van der Waals surface area contributed by atoms with Crippen molar-refractivity contribution in [2.45, 2.75) is 32.4 Å². The van der Waals surface area contributed by atoms with E-state index in [0.29, 0.717) is 5.56 Å². The lowest BCUT2D eigenvalue weighted by molar-refractivity contribution is 0.220. The Kier molecular flexibility index (Phi) is 5.06. The van der Waals surface area contributed by atoms with Gasteiger partial charge in [-0.2, -0.15) is 0 Å². The number of aliphatic hydroxyl groups is 1. The number of unbranched alkanes of at least 4 members (excludes halogenated alkanes) is 1. The minimum Gasteiger partial charge on any atom is -0.384 e. The Balaban J connectivity index is 1.99. The summed E-state index contributed by atoms with van der Waals surface area (Å²) < 4.78 is 15.2.